The summed E-state index contributed by atoms with van der Waals surface area (Å²) in [6.07, 6.45) is 1.01. The molecule has 1 atom stereocenters. The molecule has 0 spiro atoms. The highest BCUT2D eigenvalue weighted by Gasteiger charge is 2.38. The summed E-state index contributed by atoms with van der Waals surface area (Å²) < 4.78 is 26.1. The highest BCUT2D eigenvalue weighted by molar-refractivity contribution is 7.54. The van der Waals surface area contributed by atoms with Crippen LogP contribution >= 0.6 is 7.60 Å². The third-order valence-corrected chi connectivity index (χ3v) is 7.09. The Kier molecular flexibility index (Phi) is 6.18. The van der Waals surface area contributed by atoms with Crippen LogP contribution < -0.4 is 11.1 Å². The molecule has 28 heavy (non-hydrogen) atoms. The first-order chi connectivity index (χ1) is 13.5. The van der Waals surface area contributed by atoms with Crippen LogP contribution in [0.4, 0.5) is 0 Å². The van der Waals surface area contributed by atoms with Crippen LogP contribution in [-0.4, -0.2) is 22.8 Å². The van der Waals surface area contributed by atoms with Crippen molar-refractivity contribution in [2.45, 2.75) is 39.4 Å². The summed E-state index contributed by atoms with van der Waals surface area (Å²) in [6.45, 7) is 5.72. The molecule has 0 bridgehead atoms. The lowest BCUT2D eigenvalue weighted by Crippen LogP contribution is -2.38. The smallest absolute Gasteiger partial charge is 0.316 e. The lowest BCUT2D eigenvalue weighted by atomic mass is 10.1. The topological polar surface area (TPSA) is 90.4 Å². The van der Waals surface area contributed by atoms with Gasteiger partial charge in [0.2, 0.25) is 0 Å². The van der Waals surface area contributed by atoms with Crippen LogP contribution in [-0.2, 0) is 13.6 Å². The molecule has 0 amide bonds. The monoisotopic (exact) mass is 404 g/mol. The van der Waals surface area contributed by atoms with Crippen LogP contribution in [0.25, 0.3) is 21.8 Å². The average molecular weight is 404 g/mol. The molecule has 8 heteroatoms. The highest BCUT2D eigenvalue weighted by Crippen LogP contribution is 2.60. The van der Waals surface area contributed by atoms with E-state index < -0.39 is 24.5 Å². The van der Waals surface area contributed by atoms with E-state index in [2.05, 4.69) is 4.98 Å². The van der Waals surface area contributed by atoms with Crippen molar-refractivity contribution in [3.8, 4) is 0 Å². The minimum absolute atomic E-state index is 0.175. The third kappa shape index (κ3) is 3.58. The van der Waals surface area contributed by atoms with Crippen LogP contribution in [0.2, 0.25) is 0 Å². The molecule has 1 aromatic heterocycles. The average Bonchev–Trinajstić information content (AvgIpc) is 2.68. The molecule has 3 aromatic rings. The second-order valence-corrected chi connectivity index (χ2v) is 8.65. The lowest BCUT2D eigenvalue weighted by molar-refractivity contribution is 0.201. The van der Waals surface area contributed by atoms with E-state index in [1.54, 1.807) is 19.9 Å². The van der Waals surface area contributed by atoms with Gasteiger partial charge in [-0.15, -0.1) is 0 Å². The molecule has 0 radical (unpaired) electrons. The molecule has 0 aliphatic carbocycles. The molecular weight excluding hydrogens is 379 g/mol. The van der Waals surface area contributed by atoms with Crippen molar-refractivity contribution in [1.29, 1.82) is 0 Å². The highest BCUT2D eigenvalue weighted by atomic mass is 31.2. The number of H-pyrrole nitrogens is 1. The van der Waals surface area contributed by atoms with E-state index in [0.717, 1.165) is 10.8 Å². The van der Waals surface area contributed by atoms with Gasteiger partial charge in [-0.05, 0) is 31.7 Å². The van der Waals surface area contributed by atoms with E-state index in [1.165, 1.54) is 4.57 Å². The van der Waals surface area contributed by atoms with E-state index in [9.17, 15) is 14.2 Å². The van der Waals surface area contributed by atoms with Crippen molar-refractivity contribution in [2.75, 3.05) is 13.2 Å². The molecule has 1 heterocycles. The number of aromatic nitrogens is 2. The van der Waals surface area contributed by atoms with Crippen LogP contribution in [0.5, 0.6) is 0 Å². The molecule has 1 N–H and O–H groups in total. The Morgan fingerprint density at radius 1 is 1.04 bits per heavy atom. The summed E-state index contributed by atoms with van der Waals surface area (Å²) in [5.41, 5.74) is -0.491. The Labute approximate surface area is 162 Å². The molecule has 3 rings (SSSR count). The molecule has 0 saturated heterocycles. The fraction of sp³-hybridized carbons (Fsp3) is 0.400. The Bertz CT molecular complexity index is 1140. The van der Waals surface area contributed by atoms with Gasteiger partial charge in [0.25, 0.3) is 0 Å². The zero-order valence-electron chi connectivity index (χ0n) is 16.3. The maximum absolute atomic E-state index is 13.6. The van der Waals surface area contributed by atoms with Gasteiger partial charge in [0.1, 0.15) is 5.78 Å². The fourth-order valence-electron chi connectivity index (χ4n) is 3.54. The van der Waals surface area contributed by atoms with Gasteiger partial charge >= 0.3 is 18.7 Å². The van der Waals surface area contributed by atoms with Gasteiger partial charge in [-0.2, -0.15) is 0 Å². The summed E-state index contributed by atoms with van der Waals surface area (Å²) in [5, 5.41) is 1.70. The first-order valence-corrected chi connectivity index (χ1v) is 11.1. The molecule has 2 aromatic carbocycles. The maximum Gasteiger partial charge on any atom is 0.353 e. The maximum atomic E-state index is 13.6. The van der Waals surface area contributed by atoms with Crippen LogP contribution in [0.3, 0.4) is 0 Å². The Morgan fingerprint density at radius 2 is 1.71 bits per heavy atom. The number of fused-ring (bicyclic) bond motifs is 3. The zero-order chi connectivity index (χ0) is 20.3. The Hall–Kier alpha value is -2.21. The van der Waals surface area contributed by atoms with Crippen LogP contribution in [0, 0.1) is 0 Å². The number of aromatic amines is 1. The lowest BCUT2D eigenvalue weighted by Gasteiger charge is -2.28. The van der Waals surface area contributed by atoms with Crippen molar-refractivity contribution in [1.82, 2.24) is 9.55 Å². The number of benzene rings is 2. The van der Waals surface area contributed by atoms with E-state index in [1.807, 2.05) is 37.3 Å². The zero-order valence-corrected chi connectivity index (χ0v) is 17.2. The summed E-state index contributed by atoms with van der Waals surface area (Å²) in [7, 11) is -3.69. The van der Waals surface area contributed by atoms with Gasteiger partial charge in [0.05, 0.1) is 24.2 Å². The molecule has 0 saturated carbocycles. The Morgan fingerprint density at radius 3 is 2.36 bits per heavy atom. The number of hydrogen-bond acceptors (Lipinski definition) is 5. The van der Waals surface area contributed by atoms with Crippen molar-refractivity contribution in [2.24, 2.45) is 0 Å². The molecule has 0 fully saturated rings. The van der Waals surface area contributed by atoms with Crippen LogP contribution in [0.1, 0.15) is 39.4 Å². The van der Waals surface area contributed by atoms with E-state index in [0.29, 0.717) is 23.9 Å². The van der Waals surface area contributed by atoms with Gasteiger partial charge in [0.15, 0.2) is 0 Å². The largest absolute Gasteiger partial charge is 0.353 e. The fourth-order valence-corrected chi connectivity index (χ4v) is 5.76. The minimum Gasteiger partial charge on any atom is -0.316 e. The molecule has 0 aliphatic heterocycles. The summed E-state index contributed by atoms with van der Waals surface area (Å²) in [5.74, 6) is -0.888. The predicted molar refractivity (Wildman–Crippen MR) is 111 cm³/mol. The summed E-state index contributed by atoms with van der Waals surface area (Å²) in [4.78, 5) is 28.0. The number of nitrogens with one attached hydrogen (secondary N) is 1. The third-order valence-electron chi connectivity index (χ3n) is 4.63. The van der Waals surface area contributed by atoms with Crippen molar-refractivity contribution < 1.29 is 13.6 Å². The molecule has 1 unspecified atom stereocenters. The van der Waals surface area contributed by atoms with E-state index in [-0.39, 0.29) is 13.2 Å². The molecular formula is C20H25N2O5P. The second kappa shape index (κ2) is 8.43. The predicted octanol–water partition coefficient (Wildman–Crippen LogP) is 4.41. The molecule has 150 valence electrons. The molecule has 0 aliphatic rings. The van der Waals surface area contributed by atoms with Gasteiger partial charge in [0, 0.05) is 5.39 Å². The van der Waals surface area contributed by atoms with Gasteiger partial charge in [-0.1, -0.05) is 43.7 Å². The van der Waals surface area contributed by atoms with Gasteiger partial charge in [-0.3, -0.25) is 18.7 Å². The van der Waals surface area contributed by atoms with Crippen LogP contribution in [0.15, 0.2) is 46.0 Å². The first-order valence-electron chi connectivity index (χ1n) is 9.51. The number of hydrogen-bond donors (Lipinski definition) is 1. The Balaban J connectivity index is 2.46. The second-order valence-electron chi connectivity index (χ2n) is 6.46. The summed E-state index contributed by atoms with van der Waals surface area (Å²) in [6, 6.07) is 11.2. The van der Waals surface area contributed by atoms with Crippen molar-refractivity contribution in [3.63, 3.8) is 0 Å². The molecule has 7 nitrogen and oxygen atoms in total. The first kappa shape index (κ1) is 20.5. The van der Waals surface area contributed by atoms with Crippen molar-refractivity contribution in [3.05, 3.63) is 57.1 Å². The van der Waals surface area contributed by atoms with E-state index in [4.69, 9.17) is 9.05 Å². The van der Waals surface area contributed by atoms with E-state index >= 15 is 0 Å². The standard InChI is InChI=1S/C20H25N2O5P/c1-4-9-17(28(25,26-5-2)27-6-3)22-18-15-11-8-7-10-14(15)12-13-16(18)21-19(23)20(22)24/h7-8,10-13,17H,4-6,9H2,1-3H3,(H,21,23). The quantitative estimate of drug-likeness (QED) is 0.341. The minimum atomic E-state index is -3.69. The van der Waals surface area contributed by atoms with Gasteiger partial charge in [-0.25, -0.2) is 0 Å². The van der Waals surface area contributed by atoms with Crippen molar-refractivity contribution >= 4 is 29.4 Å². The normalized spacial score (nSPS) is 13.2. The number of nitrogens with zero attached hydrogens (tertiary/aromatic N) is 1. The SMILES string of the molecule is CCCC(n1c(=O)c(=O)[nH]c2ccc3ccccc3c21)P(=O)(OCC)OCC. The summed E-state index contributed by atoms with van der Waals surface area (Å²) >= 11 is 0. The number of rotatable bonds is 8. The van der Waals surface area contributed by atoms with Gasteiger partial charge < -0.3 is 14.0 Å².